The Kier molecular flexibility index (Phi) is 3.58. The number of hydrogen-bond acceptors (Lipinski definition) is 4. The number of thiophene rings is 1. The molecule has 0 atom stereocenters. The van der Waals surface area contributed by atoms with E-state index < -0.39 is 5.97 Å². The lowest BCUT2D eigenvalue weighted by atomic mass is 10.2. The highest BCUT2D eigenvalue weighted by atomic mass is 127. The van der Waals surface area contributed by atoms with E-state index in [4.69, 9.17) is 4.42 Å². The van der Waals surface area contributed by atoms with Crippen molar-refractivity contribution >= 4 is 39.9 Å². The number of nitrogens with zero attached hydrogens (tertiary/aromatic N) is 1. The summed E-state index contributed by atoms with van der Waals surface area (Å²) in [6.45, 7) is 0. The minimum atomic E-state index is -1.09. The van der Waals surface area contributed by atoms with Crippen molar-refractivity contribution in [3.63, 3.8) is 0 Å². The lowest BCUT2D eigenvalue weighted by Crippen LogP contribution is -1.98. The fourth-order valence-corrected chi connectivity index (χ4v) is 3.12. The summed E-state index contributed by atoms with van der Waals surface area (Å²) >= 11 is 3.71. The van der Waals surface area contributed by atoms with Crippen molar-refractivity contribution in [2.75, 3.05) is 0 Å². The topological polar surface area (TPSA) is 63.3 Å². The van der Waals surface area contributed by atoms with Crippen LogP contribution in [0.3, 0.4) is 0 Å². The number of carboxylic acid groups (broad SMARTS) is 1. The maximum atomic E-state index is 11.3. The highest BCUT2D eigenvalue weighted by Gasteiger charge is 2.22. The van der Waals surface area contributed by atoms with Crippen molar-refractivity contribution in [2.24, 2.45) is 0 Å². The maximum Gasteiger partial charge on any atom is 0.358 e. The molecule has 20 heavy (non-hydrogen) atoms. The highest BCUT2D eigenvalue weighted by molar-refractivity contribution is 14.1. The van der Waals surface area contributed by atoms with Gasteiger partial charge in [0.25, 0.3) is 0 Å². The van der Waals surface area contributed by atoms with Crippen LogP contribution in [0.2, 0.25) is 0 Å². The number of hydrogen-bond donors (Lipinski definition) is 1. The lowest BCUT2D eigenvalue weighted by molar-refractivity contribution is 0.0691. The van der Waals surface area contributed by atoms with Crippen molar-refractivity contribution in [2.45, 2.75) is 0 Å². The van der Waals surface area contributed by atoms with E-state index in [1.165, 1.54) is 11.3 Å². The molecule has 3 aromatic rings. The number of aromatic nitrogens is 1. The van der Waals surface area contributed by atoms with Gasteiger partial charge in [-0.2, -0.15) is 0 Å². The van der Waals surface area contributed by atoms with Crippen LogP contribution >= 0.6 is 33.9 Å². The summed E-state index contributed by atoms with van der Waals surface area (Å²) < 4.78 is 6.73. The molecule has 0 saturated heterocycles. The Balaban J connectivity index is 2.15. The highest BCUT2D eigenvalue weighted by Crippen LogP contribution is 2.33. The van der Waals surface area contributed by atoms with E-state index in [2.05, 4.69) is 27.6 Å². The molecule has 0 aliphatic heterocycles. The van der Waals surface area contributed by atoms with Crippen molar-refractivity contribution in [1.29, 1.82) is 0 Å². The van der Waals surface area contributed by atoms with E-state index in [1.54, 1.807) is 0 Å². The Bertz CT molecular complexity index is 764. The summed E-state index contributed by atoms with van der Waals surface area (Å²) in [6.07, 6.45) is 0. The second kappa shape index (κ2) is 5.37. The summed E-state index contributed by atoms with van der Waals surface area (Å²) in [5.41, 5.74) is 1.44. The molecule has 0 saturated carbocycles. The van der Waals surface area contributed by atoms with Crippen LogP contribution < -0.4 is 0 Å². The summed E-state index contributed by atoms with van der Waals surface area (Å²) in [6, 6.07) is 11.1. The molecule has 2 aromatic heterocycles. The SMILES string of the molecule is O=C(O)c1nc(-c2ccccc2)oc1-c1csc(I)c1. The Morgan fingerprint density at radius 1 is 1.25 bits per heavy atom. The van der Waals surface area contributed by atoms with Crippen molar-refractivity contribution < 1.29 is 14.3 Å². The van der Waals surface area contributed by atoms with E-state index in [0.29, 0.717) is 11.7 Å². The fourth-order valence-electron chi connectivity index (χ4n) is 1.79. The molecular formula is C14H8INO3S. The van der Waals surface area contributed by atoms with Gasteiger partial charge in [0.15, 0.2) is 11.5 Å². The molecular weight excluding hydrogens is 389 g/mol. The van der Waals surface area contributed by atoms with Gasteiger partial charge in [-0.15, -0.1) is 11.3 Å². The fraction of sp³-hybridized carbons (Fsp3) is 0. The monoisotopic (exact) mass is 397 g/mol. The third kappa shape index (κ3) is 2.48. The average molecular weight is 397 g/mol. The molecule has 0 amide bonds. The second-order valence-corrected chi connectivity index (χ2v) is 6.81. The predicted octanol–water partition coefficient (Wildman–Crippen LogP) is 4.37. The van der Waals surface area contributed by atoms with E-state index in [-0.39, 0.29) is 5.69 Å². The van der Waals surface area contributed by atoms with Gasteiger partial charge in [0.1, 0.15) is 0 Å². The molecule has 0 aliphatic rings. The summed E-state index contributed by atoms with van der Waals surface area (Å²) in [5, 5.41) is 11.1. The third-order valence-corrected chi connectivity index (χ3v) is 4.47. The van der Waals surface area contributed by atoms with Gasteiger partial charge in [0.05, 0.1) is 2.88 Å². The maximum absolute atomic E-state index is 11.3. The van der Waals surface area contributed by atoms with E-state index in [1.807, 2.05) is 41.8 Å². The number of carbonyl (C=O) groups is 1. The van der Waals surface area contributed by atoms with Gasteiger partial charge >= 0.3 is 5.97 Å². The molecule has 0 aliphatic carbocycles. The number of aromatic carboxylic acids is 1. The van der Waals surface area contributed by atoms with Gasteiger partial charge in [0.2, 0.25) is 5.89 Å². The quantitative estimate of drug-likeness (QED) is 0.667. The molecule has 3 rings (SSSR count). The predicted molar refractivity (Wildman–Crippen MR) is 84.9 cm³/mol. The minimum Gasteiger partial charge on any atom is -0.476 e. The second-order valence-electron chi connectivity index (χ2n) is 4.01. The van der Waals surface area contributed by atoms with Gasteiger partial charge in [-0.25, -0.2) is 9.78 Å². The van der Waals surface area contributed by atoms with Crippen LogP contribution in [0.25, 0.3) is 22.8 Å². The Hall–Kier alpha value is -1.67. The normalized spacial score (nSPS) is 10.7. The smallest absolute Gasteiger partial charge is 0.358 e. The molecule has 6 heteroatoms. The Labute approximate surface area is 132 Å². The number of halogens is 1. The zero-order valence-electron chi connectivity index (χ0n) is 10.0. The first-order valence-corrected chi connectivity index (χ1v) is 7.65. The largest absolute Gasteiger partial charge is 0.476 e. The van der Waals surface area contributed by atoms with Gasteiger partial charge in [-0.05, 0) is 40.8 Å². The van der Waals surface area contributed by atoms with E-state index >= 15 is 0 Å². The molecule has 100 valence electrons. The molecule has 1 aromatic carbocycles. The number of carboxylic acids is 1. The molecule has 4 nitrogen and oxygen atoms in total. The Morgan fingerprint density at radius 2 is 2.00 bits per heavy atom. The number of rotatable bonds is 3. The van der Waals surface area contributed by atoms with E-state index in [9.17, 15) is 9.90 Å². The lowest BCUT2D eigenvalue weighted by Gasteiger charge is -1.93. The number of benzene rings is 1. The zero-order chi connectivity index (χ0) is 14.1. The van der Waals surface area contributed by atoms with Crippen molar-refractivity contribution in [3.8, 4) is 22.8 Å². The van der Waals surface area contributed by atoms with Gasteiger partial charge in [-0.3, -0.25) is 0 Å². The van der Waals surface area contributed by atoms with Crippen LogP contribution in [0.5, 0.6) is 0 Å². The third-order valence-electron chi connectivity index (χ3n) is 2.68. The molecule has 0 bridgehead atoms. The van der Waals surface area contributed by atoms with Crippen LogP contribution in [0.15, 0.2) is 46.2 Å². The van der Waals surface area contributed by atoms with Gasteiger partial charge in [0, 0.05) is 16.5 Å². The minimum absolute atomic E-state index is 0.0574. The summed E-state index contributed by atoms with van der Waals surface area (Å²) in [5.74, 6) is -0.470. The Morgan fingerprint density at radius 3 is 2.60 bits per heavy atom. The van der Waals surface area contributed by atoms with Crippen LogP contribution in [-0.2, 0) is 0 Å². The van der Waals surface area contributed by atoms with Crippen LogP contribution in [0, 0.1) is 2.88 Å². The standard InChI is InChI=1S/C14H8INO3S/c15-10-6-9(7-20-10)12-11(14(17)18)16-13(19-12)8-4-2-1-3-5-8/h1-7H,(H,17,18). The van der Waals surface area contributed by atoms with Crippen LogP contribution in [0.1, 0.15) is 10.5 Å². The van der Waals surface area contributed by atoms with E-state index in [0.717, 1.165) is 14.0 Å². The van der Waals surface area contributed by atoms with Gasteiger partial charge < -0.3 is 9.52 Å². The summed E-state index contributed by atoms with van der Waals surface area (Å²) in [7, 11) is 0. The first-order valence-electron chi connectivity index (χ1n) is 5.69. The molecule has 0 radical (unpaired) electrons. The molecule has 0 spiro atoms. The first kappa shape index (κ1) is 13.3. The molecule has 2 heterocycles. The first-order chi connectivity index (χ1) is 9.65. The average Bonchev–Trinajstić information content (AvgIpc) is 3.05. The van der Waals surface area contributed by atoms with Crippen molar-refractivity contribution in [3.05, 3.63) is 50.4 Å². The summed E-state index contributed by atoms with van der Waals surface area (Å²) in [4.78, 5) is 15.4. The van der Waals surface area contributed by atoms with Crippen molar-refractivity contribution in [1.82, 2.24) is 4.98 Å². The zero-order valence-corrected chi connectivity index (χ0v) is 13.0. The molecule has 0 unspecified atom stereocenters. The number of oxazole rings is 1. The van der Waals surface area contributed by atoms with Crippen LogP contribution in [-0.4, -0.2) is 16.1 Å². The van der Waals surface area contributed by atoms with Gasteiger partial charge in [-0.1, -0.05) is 18.2 Å². The molecule has 0 fully saturated rings. The van der Waals surface area contributed by atoms with Crippen LogP contribution in [0.4, 0.5) is 0 Å². The molecule has 1 N–H and O–H groups in total.